The lowest BCUT2D eigenvalue weighted by Gasteiger charge is -2.34. The first kappa shape index (κ1) is 17.0. The number of hydrogen-bond donors (Lipinski definition) is 0. The molecule has 2 aromatic rings. The fraction of sp³-hybridized carbons (Fsp3) is 0.438. The zero-order valence-electron chi connectivity index (χ0n) is 13.1. The topological polar surface area (TPSA) is 55.2 Å². The van der Waals surface area contributed by atoms with Crippen LogP contribution >= 0.6 is 0 Å². The average molecular weight is 355 g/mol. The van der Waals surface area contributed by atoms with Gasteiger partial charge in [-0.15, -0.1) is 0 Å². The molecule has 1 saturated heterocycles. The highest BCUT2D eigenvalue weighted by molar-refractivity contribution is 7.89. The zero-order chi connectivity index (χ0) is 17.2. The van der Waals surface area contributed by atoms with Crippen LogP contribution in [0.25, 0.3) is 0 Å². The van der Waals surface area contributed by atoms with Gasteiger partial charge in [-0.2, -0.15) is 9.40 Å². The Bertz CT molecular complexity index is 794. The fourth-order valence-electron chi connectivity index (χ4n) is 3.10. The van der Waals surface area contributed by atoms with Crippen molar-refractivity contribution in [2.45, 2.75) is 43.2 Å². The summed E-state index contributed by atoms with van der Waals surface area (Å²) in [5.74, 6) is -1.84. The number of benzene rings is 1. The summed E-state index contributed by atoms with van der Waals surface area (Å²) >= 11 is 0. The molecule has 2 heterocycles. The molecule has 3 rings (SSSR count). The second kappa shape index (κ2) is 6.98. The smallest absolute Gasteiger partial charge is 0.246 e. The second-order valence-corrected chi connectivity index (χ2v) is 7.76. The van der Waals surface area contributed by atoms with E-state index in [1.54, 1.807) is 10.9 Å². The molecule has 1 aliphatic heterocycles. The second-order valence-electron chi connectivity index (χ2n) is 5.90. The lowest BCUT2D eigenvalue weighted by molar-refractivity contribution is 0.231. The summed E-state index contributed by atoms with van der Waals surface area (Å²) in [4.78, 5) is -0.463. The van der Waals surface area contributed by atoms with Crippen LogP contribution in [0.1, 0.15) is 25.7 Å². The third kappa shape index (κ3) is 3.49. The van der Waals surface area contributed by atoms with Crippen LogP contribution in [-0.4, -0.2) is 35.1 Å². The van der Waals surface area contributed by atoms with E-state index in [9.17, 15) is 17.2 Å². The molecule has 1 fully saturated rings. The number of aromatic nitrogens is 2. The highest BCUT2D eigenvalue weighted by atomic mass is 32.2. The largest absolute Gasteiger partial charge is 0.273 e. The minimum Gasteiger partial charge on any atom is -0.273 e. The Kier molecular flexibility index (Phi) is 4.96. The highest BCUT2D eigenvalue weighted by Gasteiger charge is 2.35. The van der Waals surface area contributed by atoms with E-state index in [1.807, 2.05) is 12.3 Å². The van der Waals surface area contributed by atoms with Gasteiger partial charge in [0.1, 0.15) is 16.5 Å². The first-order chi connectivity index (χ1) is 11.5. The van der Waals surface area contributed by atoms with Crippen molar-refractivity contribution in [2.24, 2.45) is 0 Å². The van der Waals surface area contributed by atoms with Gasteiger partial charge >= 0.3 is 0 Å². The van der Waals surface area contributed by atoms with Gasteiger partial charge in [0.05, 0.1) is 0 Å². The van der Waals surface area contributed by atoms with Crippen LogP contribution in [-0.2, 0) is 16.6 Å². The molecule has 5 nitrogen and oxygen atoms in total. The van der Waals surface area contributed by atoms with Crippen molar-refractivity contribution in [3.8, 4) is 0 Å². The van der Waals surface area contributed by atoms with Crippen LogP contribution in [0.4, 0.5) is 8.78 Å². The summed E-state index contributed by atoms with van der Waals surface area (Å²) in [6.45, 7) is 0.943. The number of aryl methyl sites for hydroxylation is 1. The number of hydrogen-bond acceptors (Lipinski definition) is 3. The Morgan fingerprint density at radius 1 is 1.25 bits per heavy atom. The van der Waals surface area contributed by atoms with Crippen LogP contribution < -0.4 is 0 Å². The quantitative estimate of drug-likeness (QED) is 0.829. The van der Waals surface area contributed by atoms with Crippen LogP contribution in [0.15, 0.2) is 41.6 Å². The van der Waals surface area contributed by atoms with Crippen molar-refractivity contribution in [1.29, 1.82) is 0 Å². The van der Waals surface area contributed by atoms with Crippen molar-refractivity contribution in [2.75, 3.05) is 6.54 Å². The van der Waals surface area contributed by atoms with Gasteiger partial charge in [-0.05, 0) is 37.5 Å². The molecule has 0 bridgehead atoms. The Balaban J connectivity index is 1.83. The van der Waals surface area contributed by atoms with Crippen LogP contribution in [0, 0.1) is 11.6 Å². The summed E-state index contributed by atoms with van der Waals surface area (Å²) in [5.41, 5.74) is 0. The number of rotatable bonds is 5. The number of halogens is 2. The average Bonchev–Trinajstić information content (AvgIpc) is 3.06. The minimum absolute atomic E-state index is 0.211. The van der Waals surface area contributed by atoms with E-state index < -0.39 is 26.6 Å². The Morgan fingerprint density at radius 3 is 2.79 bits per heavy atom. The molecular formula is C16H19F2N3O2S. The number of piperidine rings is 1. The molecule has 0 radical (unpaired) electrons. The van der Waals surface area contributed by atoms with Gasteiger partial charge in [0.2, 0.25) is 10.0 Å². The van der Waals surface area contributed by atoms with Crippen LogP contribution in [0.5, 0.6) is 0 Å². The van der Waals surface area contributed by atoms with Crippen molar-refractivity contribution < 1.29 is 17.2 Å². The molecule has 0 N–H and O–H groups in total. The monoisotopic (exact) mass is 355 g/mol. The maximum atomic E-state index is 14.0. The minimum atomic E-state index is -3.99. The predicted molar refractivity (Wildman–Crippen MR) is 84.7 cm³/mol. The van der Waals surface area contributed by atoms with Crippen molar-refractivity contribution in [3.63, 3.8) is 0 Å². The summed E-state index contributed by atoms with van der Waals surface area (Å²) in [6, 6.07) is 4.17. The van der Waals surface area contributed by atoms with Gasteiger partial charge in [-0.25, -0.2) is 17.2 Å². The van der Waals surface area contributed by atoms with Gasteiger partial charge in [-0.1, -0.05) is 6.42 Å². The maximum absolute atomic E-state index is 14.0. The predicted octanol–water partition coefficient (Wildman–Crippen LogP) is 2.79. The summed E-state index contributed by atoms with van der Waals surface area (Å²) < 4.78 is 55.8. The first-order valence-corrected chi connectivity index (χ1v) is 9.37. The summed E-state index contributed by atoms with van der Waals surface area (Å²) in [7, 11) is -3.99. The molecule has 1 aromatic carbocycles. The van der Waals surface area contributed by atoms with Gasteiger partial charge < -0.3 is 0 Å². The Labute approximate surface area is 139 Å². The van der Waals surface area contributed by atoms with Crippen molar-refractivity contribution in [3.05, 3.63) is 48.3 Å². The molecule has 1 aliphatic rings. The third-order valence-corrected chi connectivity index (χ3v) is 6.29. The lowest BCUT2D eigenvalue weighted by atomic mass is 10.0. The molecule has 0 unspecified atom stereocenters. The van der Waals surface area contributed by atoms with Gasteiger partial charge in [0.25, 0.3) is 0 Å². The number of nitrogens with zero attached hydrogens (tertiary/aromatic N) is 3. The summed E-state index contributed by atoms with van der Waals surface area (Å²) in [5, 5.41) is 4.12. The van der Waals surface area contributed by atoms with E-state index in [4.69, 9.17) is 0 Å². The fourth-order valence-corrected chi connectivity index (χ4v) is 4.87. The normalized spacial score (nSPS) is 19.5. The number of sulfonamides is 1. The van der Waals surface area contributed by atoms with E-state index >= 15 is 0 Å². The van der Waals surface area contributed by atoms with Gasteiger partial charge in [-0.3, -0.25) is 4.68 Å². The maximum Gasteiger partial charge on any atom is 0.246 e. The SMILES string of the molecule is O=S(=O)(c1ccc(F)cc1F)N1CCCC[C@H]1CCn1cccn1. The molecule has 0 spiro atoms. The molecule has 8 heteroatoms. The van der Waals surface area contributed by atoms with E-state index in [0.717, 1.165) is 31.4 Å². The van der Waals surface area contributed by atoms with Crippen LogP contribution in [0.2, 0.25) is 0 Å². The Hall–Kier alpha value is -1.80. The van der Waals surface area contributed by atoms with Gasteiger partial charge in [0.15, 0.2) is 0 Å². The molecule has 0 amide bonds. The summed E-state index contributed by atoms with van der Waals surface area (Å²) in [6.07, 6.45) is 6.49. The van der Waals surface area contributed by atoms with Gasteiger partial charge in [0, 0.05) is 37.6 Å². The lowest BCUT2D eigenvalue weighted by Crippen LogP contribution is -2.44. The molecule has 1 atom stereocenters. The van der Waals surface area contributed by atoms with E-state index in [-0.39, 0.29) is 6.04 Å². The van der Waals surface area contributed by atoms with E-state index in [1.165, 1.54) is 4.31 Å². The van der Waals surface area contributed by atoms with E-state index in [0.29, 0.717) is 25.6 Å². The molecular weight excluding hydrogens is 336 g/mol. The zero-order valence-corrected chi connectivity index (χ0v) is 13.9. The molecule has 0 saturated carbocycles. The highest BCUT2D eigenvalue weighted by Crippen LogP contribution is 2.28. The van der Waals surface area contributed by atoms with Crippen LogP contribution in [0.3, 0.4) is 0 Å². The molecule has 24 heavy (non-hydrogen) atoms. The third-order valence-electron chi connectivity index (χ3n) is 4.30. The Morgan fingerprint density at radius 2 is 2.08 bits per heavy atom. The van der Waals surface area contributed by atoms with E-state index in [2.05, 4.69) is 5.10 Å². The van der Waals surface area contributed by atoms with Crippen molar-refractivity contribution in [1.82, 2.24) is 14.1 Å². The molecule has 0 aliphatic carbocycles. The van der Waals surface area contributed by atoms with Crippen molar-refractivity contribution >= 4 is 10.0 Å². The molecule has 130 valence electrons. The first-order valence-electron chi connectivity index (χ1n) is 7.93. The standard InChI is InChI=1S/C16H19F2N3O2S/c17-13-5-6-16(15(18)12-13)24(22,23)21-10-2-1-4-14(21)7-11-20-9-3-8-19-20/h3,5-6,8-9,12,14H,1-2,4,7,10-11H2/t14-/m0/s1. The molecule has 1 aromatic heterocycles.